The van der Waals surface area contributed by atoms with Crippen LogP contribution in [0.3, 0.4) is 0 Å². The highest BCUT2D eigenvalue weighted by molar-refractivity contribution is 5.30. The first-order valence-corrected chi connectivity index (χ1v) is 6.09. The topological polar surface area (TPSA) is 15.3 Å². The fourth-order valence-corrected chi connectivity index (χ4v) is 2.76. The van der Waals surface area contributed by atoms with Crippen LogP contribution in [0, 0.1) is 6.92 Å². The van der Waals surface area contributed by atoms with Crippen LogP contribution in [-0.2, 0) is 5.54 Å². The second kappa shape index (κ2) is 4.56. The Morgan fingerprint density at radius 1 is 1.38 bits per heavy atom. The monoisotopic (exact) mass is 218 g/mol. The largest absolute Gasteiger partial charge is 0.307 e. The summed E-state index contributed by atoms with van der Waals surface area (Å²) >= 11 is 0. The molecule has 88 valence electrons. The Balaban J connectivity index is 2.31. The van der Waals surface area contributed by atoms with Gasteiger partial charge in [0.15, 0.2) is 0 Å². The molecule has 0 amide bonds. The first kappa shape index (κ1) is 11.6. The molecule has 2 heteroatoms. The van der Waals surface area contributed by atoms with Gasteiger partial charge in [-0.1, -0.05) is 29.8 Å². The molecule has 1 aliphatic rings. The van der Waals surface area contributed by atoms with Crippen molar-refractivity contribution in [3.63, 3.8) is 0 Å². The molecule has 1 saturated heterocycles. The van der Waals surface area contributed by atoms with E-state index in [1.54, 1.807) is 0 Å². The number of likely N-dealkylation sites (N-methyl/N-ethyl adjacent to an activating group) is 1. The number of aryl methyl sites for hydroxylation is 1. The molecule has 1 atom stereocenters. The molecule has 1 aromatic carbocycles. The van der Waals surface area contributed by atoms with Crippen LogP contribution in [0.2, 0.25) is 0 Å². The molecule has 2 rings (SSSR count). The molecule has 16 heavy (non-hydrogen) atoms. The Bertz CT molecular complexity index is 352. The SMILES string of the molecule is Cc1cccc(C2(CN(C)C)CCCN2)c1. The van der Waals surface area contributed by atoms with Gasteiger partial charge in [-0.2, -0.15) is 0 Å². The van der Waals surface area contributed by atoms with E-state index < -0.39 is 0 Å². The molecule has 1 unspecified atom stereocenters. The average molecular weight is 218 g/mol. The van der Waals surface area contributed by atoms with Crippen molar-refractivity contribution in [3.8, 4) is 0 Å². The van der Waals surface area contributed by atoms with E-state index in [-0.39, 0.29) is 5.54 Å². The van der Waals surface area contributed by atoms with Gasteiger partial charge in [0, 0.05) is 6.54 Å². The Hall–Kier alpha value is -0.860. The lowest BCUT2D eigenvalue weighted by molar-refractivity contribution is 0.260. The van der Waals surface area contributed by atoms with Crippen molar-refractivity contribution < 1.29 is 0 Å². The lowest BCUT2D eigenvalue weighted by Crippen LogP contribution is -2.45. The maximum atomic E-state index is 3.70. The molecule has 0 spiro atoms. The van der Waals surface area contributed by atoms with Gasteiger partial charge in [0.2, 0.25) is 0 Å². The van der Waals surface area contributed by atoms with Crippen molar-refractivity contribution in [1.29, 1.82) is 0 Å². The standard InChI is InChI=1S/C14H22N2/c1-12-6-4-7-13(10-12)14(11-16(2)3)8-5-9-15-14/h4,6-7,10,15H,5,8-9,11H2,1-3H3. The van der Waals surface area contributed by atoms with Crippen molar-refractivity contribution >= 4 is 0 Å². The van der Waals surface area contributed by atoms with Crippen LogP contribution in [0.25, 0.3) is 0 Å². The second-order valence-corrected chi connectivity index (χ2v) is 5.22. The molecule has 0 aliphatic carbocycles. The normalized spacial score (nSPS) is 25.2. The summed E-state index contributed by atoms with van der Waals surface area (Å²) in [5.74, 6) is 0. The zero-order chi connectivity index (χ0) is 11.6. The van der Waals surface area contributed by atoms with Gasteiger partial charge in [-0.05, 0) is 46.0 Å². The molecule has 1 aromatic rings. The summed E-state index contributed by atoms with van der Waals surface area (Å²) in [5, 5.41) is 3.70. The highest BCUT2D eigenvalue weighted by Crippen LogP contribution is 2.31. The van der Waals surface area contributed by atoms with Gasteiger partial charge in [-0.15, -0.1) is 0 Å². The number of benzene rings is 1. The van der Waals surface area contributed by atoms with E-state index in [1.165, 1.54) is 24.0 Å². The summed E-state index contributed by atoms with van der Waals surface area (Å²) in [7, 11) is 4.30. The van der Waals surface area contributed by atoms with E-state index in [0.717, 1.165) is 13.1 Å². The lowest BCUT2D eigenvalue weighted by atomic mass is 9.87. The van der Waals surface area contributed by atoms with Gasteiger partial charge in [0.1, 0.15) is 0 Å². The van der Waals surface area contributed by atoms with E-state index in [0.29, 0.717) is 0 Å². The Kier molecular flexibility index (Phi) is 3.31. The molecule has 1 aliphatic heterocycles. The van der Waals surface area contributed by atoms with Gasteiger partial charge in [0.25, 0.3) is 0 Å². The first-order chi connectivity index (χ1) is 7.62. The molecule has 0 bridgehead atoms. The summed E-state index contributed by atoms with van der Waals surface area (Å²) in [4.78, 5) is 2.28. The maximum absolute atomic E-state index is 3.70. The number of rotatable bonds is 3. The van der Waals surface area contributed by atoms with Crippen LogP contribution >= 0.6 is 0 Å². The average Bonchev–Trinajstić information content (AvgIpc) is 2.66. The van der Waals surface area contributed by atoms with Crippen molar-refractivity contribution in [2.45, 2.75) is 25.3 Å². The number of nitrogens with zero attached hydrogens (tertiary/aromatic N) is 1. The number of hydrogen-bond acceptors (Lipinski definition) is 2. The maximum Gasteiger partial charge on any atom is 0.0563 e. The summed E-state index contributed by atoms with van der Waals surface area (Å²) in [6.45, 7) is 4.39. The summed E-state index contributed by atoms with van der Waals surface area (Å²) < 4.78 is 0. The zero-order valence-electron chi connectivity index (χ0n) is 10.6. The van der Waals surface area contributed by atoms with Gasteiger partial charge in [0.05, 0.1) is 5.54 Å². The fourth-order valence-electron chi connectivity index (χ4n) is 2.76. The molecular formula is C14H22N2. The Morgan fingerprint density at radius 2 is 2.19 bits per heavy atom. The Morgan fingerprint density at radius 3 is 2.75 bits per heavy atom. The molecule has 0 radical (unpaired) electrons. The van der Waals surface area contributed by atoms with Gasteiger partial charge < -0.3 is 10.2 Å². The number of nitrogens with one attached hydrogen (secondary N) is 1. The predicted molar refractivity (Wildman–Crippen MR) is 68.6 cm³/mol. The highest BCUT2D eigenvalue weighted by Gasteiger charge is 2.35. The van der Waals surface area contributed by atoms with Crippen molar-refractivity contribution in [2.75, 3.05) is 27.2 Å². The second-order valence-electron chi connectivity index (χ2n) is 5.22. The molecule has 1 fully saturated rings. The van der Waals surface area contributed by atoms with E-state index in [9.17, 15) is 0 Å². The minimum atomic E-state index is 0.176. The third kappa shape index (κ3) is 2.28. The van der Waals surface area contributed by atoms with Gasteiger partial charge in [-0.25, -0.2) is 0 Å². The molecule has 1 heterocycles. The molecule has 2 nitrogen and oxygen atoms in total. The minimum Gasteiger partial charge on any atom is -0.307 e. The van der Waals surface area contributed by atoms with Crippen LogP contribution in [0.15, 0.2) is 24.3 Å². The number of hydrogen-bond donors (Lipinski definition) is 1. The fraction of sp³-hybridized carbons (Fsp3) is 0.571. The summed E-state index contributed by atoms with van der Waals surface area (Å²) in [6, 6.07) is 8.92. The van der Waals surface area contributed by atoms with Crippen LogP contribution in [0.1, 0.15) is 24.0 Å². The Labute approximate surface area is 98.7 Å². The third-order valence-corrected chi connectivity index (χ3v) is 3.40. The third-order valence-electron chi connectivity index (χ3n) is 3.40. The van der Waals surface area contributed by atoms with Crippen LogP contribution in [-0.4, -0.2) is 32.1 Å². The molecule has 0 aromatic heterocycles. The molecule has 0 saturated carbocycles. The summed E-state index contributed by atoms with van der Waals surface area (Å²) in [6.07, 6.45) is 2.52. The van der Waals surface area contributed by atoms with Crippen molar-refractivity contribution in [1.82, 2.24) is 10.2 Å². The van der Waals surface area contributed by atoms with Crippen LogP contribution in [0.4, 0.5) is 0 Å². The minimum absolute atomic E-state index is 0.176. The quantitative estimate of drug-likeness (QED) is 0.836. The van der Waals surface area contributed by atoms with E-state index in [2.05, 4.69) is 55.5 Å². The van der Waals surface area contributed by atoms with Crippen LogP contribution < -0.4 is 5.32 Å². The molecular weight excluding hydrogens is 196 g/mol. The lowest BCUT2D eigenvalue weighted by Gasteiger charge is -2.33. The van der Waals surface area contributed by atoms with Crippen molar-refractivity contribution in [3.05, 3.63) is 35.4 Å². The van der Waals surface area contributed by atoms with Crippen LogP contribution in [0.5, 0.6) is 0 Å². The molecule has 1 N–H and O–H groups in total. The first-order valence-electron chi connectivity index (χ1n) is 6.09. The van der Waals surface area contributed by atoms with E-state index in [4.69, 9.17) is 0 Å². The van der Waals surface area contributed by atoms with E-state index >= 15 is 0 Å². The van der Waals surface area contributed by atoms with Gasteiger partial charge in [-0.3, -0.25) is 0 Å². The summed E-state index contributed by atoms with van der Waals surface area (Å²) in [5.41, 5.74) is 2.97. The highest BCUT2D eigenvalue weighted by atomic mass is 15.1. The van der Waals surface area contributed by atoms with Gasteiger partial charge >= 0.3 is 0 Å². The zero-order valence-corrected chi connectivity index (χ0v) is 10.6. The smallest absolute Gasteiger partial charge is 0.0563 e. The van der Waals surface area contributed by atoms with Crippen molar-refractivity contribution in [2.24, 2.45) is 0 Å². The van der Waals surface area contributed by atoms with E-state index in [1.807, 2.05) is 0 Å². The predicted octanol–water partition coefficient (Wildman–Crippen LogP) is 2.14.